The Kier molecular flexibility index (Phi) is 177. The zero-order chi connectivity index (χ0) is 27.0. The van der Waals surface area contributed by atoms with Crippen LogP contribution in [0.25, 0.3) is 0 Å². The molecule has 0 aliphatic rings. The van der Waals surface area contributed by atoms with E-state index in [0.29, 0.717) is 0 Å². The predicted molar refractivity (Wildman–Crippen MR) is 103 cm³/mol. The van der Waals surface area contributed by atoms with Crippen molar-refractivity contribution in [2.45, 2.75) is 0 Å². The molecule has 0 heterocycles. The molecule has 0 saturated heterocycles. The Bertz CT molecular complexity index is 498. The van der Waals surface area contributed by atoms with Gasteiger partial charge in [-0.05, 0) is 0 Å². The second-order valence-electron chi connectivity index (χ2n) is 2.68. The molecule has 0 bridgehead atoms. The topological polar surface area (TPSA) is 518 Å². The second-order valence-corrected chi connectivity index (χ2v) is 8.05. The maximum Gasteiger partial charge on any atom is 2.00 e. The smallest absolute Gasteiger partial charge is 1.00 e. The Balaban J connectivity index is -0.00000000973. The van der Waals surface area contributed by atoms with E-state index in [4.69, 9.17) is 115 Å². The molecule has 0 atom stereocenters. The number of hydrogen-bond acceptors (Lipinski definition) is 24. The van der Waals surface area contributed by atoms with E-state index in [9.17, 15) is 0 Å². The Morgan fingerprint density at radius 2 is 0.190 bits per heavy atom. The van der Waals surface area contributed by atoms with Gasteiger partial charge in [0.1, 0.15) is 0 Å². The summed E-state index contributed by atoms with van der Waals surface area (Å²) in [7, 11) is -32.3. The van der Waals surface area contributed by atoms with Gasteiger partial charge in [0.15, 0.2) is 0 Å². The molecule has 0 aromatic rings. The molecule has 0 spiro atoms. The zero-order valence-corrected chi connectivity index (χ0v) is 47.8. The molecule has 0 N–H and O–H groups in total. The molecule has 0 amide bonds. The van der Waals surface area contributed by atoms with E-state index in [1.807, 2.05) is 0 Å². The molecule has 24 nitrogen and oxygen atoms in total. The number of hydrogen-bond donors (Lipinski definition) is 0. The number of phosphoric acid groups is 6. The molecule has 0 aliphatic heterocycles. The standard InChI is InChI=1S/10Ca.2FH.6H3O4P/c;;;;;;;;;;;;6*1-5(2,3)4/h;;;;;;;;;;2*1H;6*(H3,1,2,3,4)/q10*+2;;;;;;;;/p-20. The molecular formula is Ca10F2O24P6. The average Bonchev–Trinajstić information content (AvgIpc) is 1.94. The zero-order valence-electron chi connectivity index (χ0n) is 20.3. The minimum Gasteiger partial charge on any atom is -1.00 e. The van der Waals surface area contributed by atoms with Crippen molar-refractivity contribution in [3.8, 4) is 0 Å². The SMILES string of the molecule is O=P([O-])([O-])[O-].O=P([O-])([O-])[O-].O=P([O-])([O-])[O-].O=P([O-])([O-])[O-].O=P([O-])([O-])[O-].O=P([O-])([O-])[O-].[Ca+2].[Ca+2].[Ca+2].[Ca+2].[Ca+2].[Ca+2].[Ca+2].[Ca+2].[Ca+2].[Ca+2].[F-].[F-]. The normalized spacial score (nSPS) is 8.43. The number of rotatable bonds is 0. The Morgan fingerprint density at radius 3 is 0.190 bits per heavy atom. The molecule has 0 radical (unpaired) electrons. The minimum atomic E-state index is -5.39. The summed E-state index contributed by atoms with van der Waals surface area (Å²) in [4.78, 5) is 154. The van der Waals surface area contributed by atoms with E-state index in [1.165, 1.54) is 0 Å². The van der Waals surface area contributed by atoms with Gasteiger partial charge in [0, 0.05) is 0 Å². The number of halogens is 2. The van der Waals surface area contributed by atoms with E-state index >= 15 is 0 Å². The van der Waals surface area contributed by atoms with E-state index in [1.54, 1.807) is 0 Å². The summed E-state index contributed by atoms with van der Waals surface area (Å²) in [5.74, 6) is 0. The van der Waals surface area contributed by atoms with Gasteiger partial charge in [0.25, 0.3) is 0 Å². The van der Waals surface area contributed by atoms with Crippen molar-refractivity contribution < 1.29 is 125 Å². The predicted octanol–water partition coefficient (Wildman–Crippen LogP) is -26.7. The van der Waals surface area contributed by atoms with Crippen molar-refractivity contribution in [1.29, 1.82) is 0 Å². The van der Waals surface area contributed by atoms with Crippen LogP contribution in [0.5, 0.6) is 0 Å². The third-order valence-electron chi connectivity index (χ3n) is 0. The van der Waals surface area contributed by atoms with Crippen LogP contribution in [0.4, 0.5) is 0 Å². The quantitative estimate of drug-likeness (QED) is 0.161. The molecule has 0 rings (SSSR count). The van der Waals surface area contributed by atoms with Crippen molar-refractivity contribution in [1.82, 2.24) is 0 Å². The fourth-order valence-corrected chi connectivity index (χ4v) is 0. The van der Waals surface area contributed by atoms with Gasteiger partial charge in [0.2, 0.25) is 0 Å². The van der Waals surface area contributed by atoms with E-state index in [0.717, 1.165) is 0 Å². The van der Waals surface area contributed by atoms with Gasteiger partial charge in [-0.2, -0.15) is 46.9 Å². The van der Waals surface area contributed by atoms with Gasteiger partial charge in [-0.25, -0.2) is 0 Å². The van der Waals surface area contributed by atoms with Crippen LogP contribution in [0.15, 0.2) is 0 Å². The molecule has 0 aromatic carbocycles. The van der Waals surface area contributed by atoms with Crippen molar-refractivity contribution in [2.75, 3.05) is 0 Å². The summed E-state index contributed by atoms with van der Waals surface area (Å²) < 4.78 is 51.3. The summed E-state index contributed by atoms with van der Waals surface area (Å²) in [5, 5.41) is 0. The summed E-state index contributed by atoms with van der Waals surface area (Å²) in [6, 6.07) is 0. The van der Waals surface area contributed by atoms with Crippen molar-refractivity contribution >= 4 is 424 Å². The van der Waals surface area contributed by atoms with E-state index < -0.39 is 46.9 Å². The first-order valence-corrected chi connectivity index (χ1v) is 13.1. The van der Waals surface area contributed by atoms with Gasteiger partial charge < -0.3 is 125 Å². The molecule has 208 valence electrons. The summed E-state index contributed by atoms with van der Waals surface area (Å²) in [5.41, 5.74) is 0. The fourth-order valence-electron chi connectivity index (χ4n) is 0. The third kappa shape index (κ3) is 839. The Labute approximate surface area is 534 Å². The molecular weight excluding hydrogens is 1010 g/mol. The summed E-state index contributed by atoms with van der Waals surface area (Å²) in [6.07, 6.45) is 0. The molecule has 0 saturated carbocycles. The average molecular weight is 1010 g/mol. The van der Waals surface area contributed by atoms with E-state index in [-0.39, 0.29) is 387 Å². The second kappa shape index (κ2) is 63.3. The molecule has 0 unspecified atom stereocenters. The molecule has 42 heavy (non-hydrogen) atoms. The Hall–Kier alpha value is 13.1. The fraction of sp³-hybridized carbons (Fsp3) is 0. The monoisotopic (exact) mass is 1010 g/mol. The van der Waals surface area contributed by atoms with Crippen molar-refractivity contribution in [3.63, 3.8) is 0 Å². The van der Waals surface area contributed by atoms with Crippen LogP contribution in [0.2, 0.25) is 0 Å². The Morgan fingerprint density at radius 1 is 0.190 bits per heavy atom. The largest absolute Gasteiger partial charge is 2.00 e. The first-order valence-electron chi connectivity index (χ1n) is 4.38. The first kappa shape index (κ1) is 117. The minimum absolute atomic E-state index is 0. The maximum absolute atomic E-state index is 8.55. The first-order chi connectivity index (χ1) is 12.0. The molecule has 0 aromatic heterocycles. The third-order valence-corrected chi connectivity index (χ3v) is 0. The molecule has 0 aliphatic carbocycles. The van der Waals surface area contributed by atoms with Crippen LogP contribution in [-0.4, -0.2) is 377 Å². The van der Waals surface area contributed by atoms with E-state index in [2.05, 4.69) is 0 Å². The summed E-state index contributed by atoms with van der Waals surface area (Å²) in [6.45, 7) is 0. The van der Waals surface area contributed by atoms with Crippen LogP contribution in [-0.2, 0) is 27.4 Å². The van der Waals surface area contributed by atoms with Crippen LogP contribution >= 0.6 is 46.9 Å². The van der Waals surface area contributed by atoms with Crippen molar-refractivity contribution in [2.24, 2.45) is 0 Å². The van der Waals surface area contributed by atoms with Gasteiger partial charge in [-0.15, -0.1) is 0 Å². The maximum atomic E-state index is 8.55. The van der Waals surface area contributed by atoms with Crippen molar-refractivity contribution in [3.05, 3.63) is 0 Å². The van der Waals surface area contributed by atoms with Crippen LogP contribution in [0.1, 0.15) is 0 Å². The summed E-state index contributed by atoms with van der Waals surface area (Å²) >= 11 is 0. The van der Waals surface area contributed by atoms with Crippen LogP contribution < -0.4 is 97.5 Å². The van der Waals surface area contributed by atoms with Gasteiger partial charge in [0.05, 0.1) is 0 Å². The molecule has 42 heteroatoms. The van der Waals surface area contributed by atoms with Gasteiger partial charge in [-0.3, -0.25) is 0 Å². The van der Waals surface area contributed by atoms with Crippen LogP contribution in [0, 0.1) is 0 Å². The van der Waals surface area contributed by atoms with Crippen LogP contribution in [0.3, 0.4) is 0 Å². The van der Waals surface area contributed by atoms with Gasteiger partial charge >= 0.3 is 377 Å². The molecule has 0 fully saturated rings. The van der Waals surface area contributed by atoms with Gasteiger partial charge in [-0.1, -0.05) is 0 Å².